The summed E-state index contributed by atoms with van der Waals surface area (Å²) in [6.07, 6.45) is 0.189. The summed E-state index contributed by atoms with van der Waals surface area (Å²) in [6, 6.07) is 17.9. The second-order valence-electron chi connectivity index (χ2n) is 4.99. The van der Waals surface area contributed by atoms with Gasteiger partial charge in [0, 0.05) is 31.3 Å². The van der Waals surface area contributed by atoms with Gasteiger partial charge in [0.05, 0.1) is 11.6 Å². The number of anilines is 2. The summed E-state index contributed by atoms with van der Waals surface area (Å²) in [4.78, 5) is 25.3. The molecule has 116 valence electrons. The second-order valence-corrected chi connectivity index (χ2v) is 4.99. The van der Waals surface area contributed by atoms with Gasteiger partial charge in [-0.05, 0) is 36.4 Å². The quantitative estimate of drug-likeness (QED) is 0.923. The third kappa shape index (κ3) is 4.68. The summed E-state index contributed by atoms with van der Waals surface area (Å²) < 4.78 is 0. The highest BCUT2D eigenvalue weighted by molar-refractivity contribution is 5.94. The van der Waals surface area contributed by atoms with E-state index in [9.17, 15) is 9.59 Å². The Balaban J connectivity index is 1.98. The molecule has 1 N–H and O–H groups in total. The maximum atomic E-state index is 12.0. The number of nitriles is 1. The predicted octanol–water partition coefficient (Wildman–Crippen LogP) is 2.94. The highest BCUT2D eigenvalue weighted by Crippen LogP contribution is 2.16. The van der Waals surface area contributed by atoms with Crippen LogP contribution in [-0.4, -0.2) is 18.4 Å². The first-order chi connectivity index (χ1) is 11.1. The van der Waals surface area contributed by atoms with Crippen molar-refractivity contribution in [3.05, 3.63) is 60.2 Å². The van der Waals surface area contributed by atoms with Gasteiger partial charge >= 0.3 is 0 Å². The molecule has 0 aromatic heterocycles. The Morgan fingerprint density at radius 1 is 1.09 bits per heavy atom. The lowest BCUT2D eigenvalue weighted by Crippen LogP contribution is -2.31. The number of hydrogen-bond donors (Lipinski definition) is 1. The van der Waals surface area contributed by atoms with Crippen LogP contribution in [0.5, 0.6) is 0 Å². The first kappa shape index (κ1) is 16.2. The smallest absolute Gasteiger partial charge is 0.226 e. The van der Waals surface area contributed by atoms with Gasteiger partial charge in [-0.15, -0.1) is 0 Å². The van der Waals surface area contributed by atoms with E-state index < -0.39 is 0 Å². The van der Waals surface area contributed by atoms with Crippen molar-refractivity contribution < 1.29 is 9.59 Å². The van der Waals surface area contributed by atoms with Crippen molar-refractivity contribution >= 4 is 23.2 Å². The standard InChI is InChI=1S/C18H17N3O2/c1-14(22)21(17-9-7-15(13-19)8-10-17)12-11-18(23)20-16-5-3-2-4-6-16/h2-10H,11-12H2,1H3,(H,20,23). The summed E-state index contributed by atoms with van der Waals surface area (Å²) >= 11 is 0. The molecule has 0 saturated heterocycles. The van der Waals surface area contributed by atoms with Crippen molar-refractivity contribution in [1.29, 1.82) is 5.26 Å². The number of hydrogen-bond acceptors (Lipinski definition) is 3. The summed E-state index contributed by atoms with van der Waals surface area (Å²) in [6.45, 7) is 1.73. The van der Waals surface area contributed by atoms with Gasteiger partial charge in [0.15, 0.2) is 0 Å². The minimum Gasteiger partial charge on any atom is -0.326 e. The van der Waals surface area contributed by atoms with Crippen molar-refractivity contribution in [3.8, 4) is 6.07 Å². The number of carbonyl (C=O) groups excluding carboxylic acids is 2. The molecule has 0 unspecified atom stereocenters. The Labute approximate surface area is 135 Å². The number of amides is 2. The molecule has 0 spiro atoms. The predicted molar refractivity (Wildman–Crippen MR) is 88.9 cm³/mol. The van der Waals surface area contributed by atoms with E-state index in [1.165, 1.54) is 11.8 Å². The van der Waals surface area contributed by atoms with E-state index in [4.69, 9.17) is 5.26 Å². The van der Waals surface area contributed by atoms with Gasteiger partial charge in [0.25, 0.3) is 0 Å². The number of nitrogens with one attached hydrogen (secondary N) is 1. The Hall–Kier alpha value is -3.13. The number of benzene rings is 2. The fraction of sp³-hybridized carbons (Fsp3) is 0.167. The number of nitrogens with zero attached hydrogens (tertiary/aromatic N) is 2. The van der Waals surface area contributed by atoms with Gasteiger partial charge in [-0.3, -0.25) is 9.59 Å². The summed E-state index contributed by atoms with van der Waals surface area (Å²) in [5, 5.41) is 11.6. The molecular formula is C18H17N3O2. The van der Waals surface area contributed by atoms with Crippen LogP contribution in [-0.2, 0) is 9.59 Å². The van der Waals surface area contributed by atoms with Crippen LogP contribution in [0.2, 0.25) is 0 Å². The Morgan fingerprint density at radius 2 is 1.74 bits per heavy atom. The van der Waals surface area contributed by atoms with Gasteiger partial charge in [0.2, 0.25) is 11.8 Å². The van der Waals surface area contributed by atoms with Crippen molar-refractivity contribution in [1.82, 2.24) is 0 Å². The molecule has 0 heterocycles. The van der Waals surface area contributed by atoms with Gasteiger partial charge in [-0.25, -0.2) is 0 Å². The van der Waals surface area contributed by atoms with Gasteiger partial charge < -0.3 is 10.2 Å². The summed E-state index contributed by atoms with van der Waals surface area (Å²) in [5.74, 6) is -0.307. The van der Waals surface area contributed by atoms with Crippen LogP contribution in [0.3, 0.4) is 0 Å². The van der Waals surface area contributed by atoms with Crippen LogP contribution in [0.4, 0.5) is 11.4 Å². The molecule has 0 aliphatic heterocycles. The third-order valence-corrected chi connectivity index (χ3v) is 3.31. The van der Waals surface area contributed by atoms with Crippen LogP contribution < -0.4 is 10.2 Å². The van der Waals surface area contributed by atoms with E-state index in [1.807, 2.05) is 24.3 Å². The Kier molecular flexibility index (Phi) is 5.48. The average molecular weight is 307 g/mol. The minimum atomic E-state index is -0.156. The minimum absolute atomic E-state index is 0.151. The van der Waals surface area contributed by atoms with Crippen molar-refractivity contribution in [2.24, 2.45) is 0 Å². The van der Waals surface area contributed by atoms with E-state index in [-0.39, 0.29) is 24.8 Å². The molecule has 0 saturated carbocycles. The van der Waals surface area contributed by atoms with Crippen LogP contribution in [0.15, 0.2) is 54.6 Å². The first-order valence-electron chi connectivity index (χ1n) is 7.23. The third-order valence-electron chi connectivity index (χ3n) is 3.31. The average Bonchev–Trinajstić information content (AvgIpc) is 2.56. The SMILES string of the molecule is CC(=O)N(CCC(=O)Nc1ccccc1)c1ccc(C#N)cc1. The molecule has 0 aliphatic rings. The Bertz CT molecular complexity index is 718. The molecule has 0 fully saturated rings. The van der Waals surface area contributed by atoms with E-state index in [2.05, 4.69) is 5.32 Å². The molecule has 0 radical (unpaired) electrons. The molecule has 0 bridgehead atoms. The number of carbonyl (C=O) groups is 2. The highest BCUT2D eigenvalue weighted by atomic mass is 16.2. The van der Waals surface area contributed by atoms with E-state index >= 15 is 0 Å². The topological polar surface area (TPSA) is 73.2 Å². The highest BCUT2D eigenvalue weighted by Gasteiger charge is 2.13. The van der Waals surface area contributed by atoms with Gasteiger partial charge in [0.1, 0.15) is 0 Å². The summed E-state index contributed by atoms with van der Waals surface area (Å²) in [7, 11) is 0. The normalized spacial score (nSPS) is 9.74. The fourth-order valence-corrected chi connectivity index (χ4v) is 2.14. The molecule has 2 aromatic carbocycles. The first-order valence-corrected chi connectivity index (χ1v) is 7.23. The maximum absolute atomic E-state index is 12.0. The lowest BCUT2D eigenvalue weighted by Gasteiger charge is -2.21. The maximum Gasteiger partial charge on any atom is 0.226 e. The largest absolute Gasteiger partial charge is 0.326 e. The monoisotopic (exact) mass is 307 g/mol. The van der Waals surface area contributed by atoms with Gasteiger partial charge in [-0.2, -0.15) is 5.26 Å². The zero-order valence-electron chi connectivity index (χ0n) is 12.8. The molecule has 0 atom stereocenters. The van der Waals surface area contributed by atoms with Crippen LogP contribution in [0, 0.1) is 11.3 Å². The second kappa shape index (κ2) is 7.76. The molecule has 2 amide bonds. The van der Waals surface area contributed by atoms with E-state index in [0.29, 0.717) is 11.3 Å². The molecule has 2 rings (SSSR count). The molecule has 0 aliphatic carbocycles. The van der Waals surface area contributed by atoms with Crippen molar-refractivity contribution in [3.63, 3.8) is 0 Å². The summed E-state index contributed by atoms with van der Waals surface area (Å²) in [5.41, 5.74) is 1.92. The lowest BCUT2D eigenvalue weighted by molar-refractivity contribution is -0.117. The van der Waals surface area contributed by atoms with Crippen LogP contribution in [0.1, 0.15) is 18.9 Å². The van der Waals surface area contributed by atoms with Crippen LogP contribution >= 0.6 is 0 Å². The lowest BCUT2D eigenvalue weighted by atomic mass is 10.2. The molecule has 5 nitrogen and oxygen atoms in total. The molecular weight excluding hydrogens is 290 g/mol. The van der Waals surface area contributed by atoms with Crippen molar-refractivity contribution in [2.75, 3.05) is 16.8 Å². The Morgan fingerprint density at radius 3 is 2.30 bits per heavy atom. The number of rotatable bonds is 5. The fourth-order valence-electron chi connectivity index (χ4n) is 2.14. The number of para-hydroxylation sites is 1. The van der Waals surface area contributed by atoms with Gasteiger partial charge in [-0.1, -0.05) is 18.2 Å². The molecule has 2 aromatic rings. The molecule has 23 heavy (non-hydrogen) atoms. The zero-order chi connectivity index (χ0) is 16.7. The molecule has 5 heteroatoms. The zero-order valence-corrected chi connectivity index (χ0v) is 12.8. The van der Waals surface area contributed by atoms with E-state index in [1.54, 1.807) is 36.4 Å². The van der Waals surface area contributed by atoms with E-state index in [0.717, 1.165) is 5.69 Å². The van der Waals surface area contributed by atoms with Crippen molar-refractivity contribution in [2.45, 2.75) is 13.3 Å². The van der Waals surface area contributed by atoms with Crippen LogP contribution in [0.25, 0.3) is 0 Å².